The number of amides is 1. The SMILES string of the molecule is NC(=O)CNCc1cc(Br)c(Br)s1. The quantitative estimate of drug-likeness (QED) is 0.886. The molecule has 0 aromatic carbocycles. The van der Waals surface area contributed by atoms with Crippen LogP contribution in [0.25, 0.3) is 0 Å². The zero-order valence-electron chi connectivity index (χ0n) is 6.64. The van der Waals surface area contributed by atoms with Crippen LogP contribution in [0.15, 0.2) is 14.3 Å². The Labute approximate surface area is 97.0 Å². The Morgan fingerprint density at radius 1 is 1.62 bits per heavy atom. The predicted octanol–water partition coefficient (Wildman–Crippen LogP) is 1.85. The van der Waals surface area contributed by atoms with Gasteiger partial charge in [-0.1, -0.05) is 0 Å². The van der Waals surface area contributed by atoms with Crippen molar-refractivity contribution in [2.45, 2.75) is 6.54 Å². The molecule has 6 heteroatoms. The highest BCUT2D eigenvalue weighted by molar-refractivity contribution is 9.13. The van der Waals surface area contributed by atoms with Crippen molar-refractivity contribution in [3.8, 4) is 0 Å². The maximum atomic E-state index is 10.4. The summed E-state index contributed by atoms with van der Waals surface area (Å²) < 4.78 is 2.09. The lowest BCUT2D eigenvalue weighted by Gasteiger charge is -1.97. The molecule has 0 saturated heterocycles. The molecule has 0 aliphatic rings. The van der Waals surface area contributed by atoms with Gasteiger partial charge in [-0.15, -0.1) is 11.3 Å². The lowest BCUT2D eigenvalue weighted by atomic mass is 10.4. The van der Waals surface area contributed by atoms with Crippen LogP contribution in [-0.2, 0) is 11.3 Å². The molecule has 0 radical (unpaired) electrons. The third-order valence-corrected chi connectivity index (χ3v) is 4.55. The number of carbonyl (C=O) groups excluding carboxylic acids is 1. The maximum Gasteiger partial charge on any atom is 0.231 e. The normalized spacial score (nSPS) is 10.3. The fourth-order valence-corrected chi connectivity index (χ4v) is 2.93. The van der Waals surface area contributed by atoms with Gasteiger partial charge in [0.1, 0.15) is 0 Å². The van der Waals surface area contributed by atoms with Crippen LogP contribution in [0.4, 0.5) is 0 Å². The molecule has 13 heavy (non-hydrogen) atoms. The van der Waals surface area contributed by atoms with Crippen LogP contribution in [0.3, 0.4) is 0 Å². The molecule has 0 aliphatic heterocycles. The summed E-state index contributed by atoms with van der Waals surface area (Å²) in [6.45, 7) is 0.880. The minimum atomic E-state index is -0.338. The first-order chi connectivity index (χ1) is 6.09. The van der Waals surface area contributed by atoms with Gasteiger partial charge in [-0.3, -0.25) is 4.79 Å². The highest BCUT2D eigenvalue weighted by atomic mass is 79.9. The van der Waals surface area contributed by atoms with E-state index in [1.807, 2.05) is 6.07 Å². The van der Waals surface area contributed by atoms with Gasteiger partial charge in [0, 0.05) is 15.9 Å². The summed E-state index contributed by atoms with van der Waals surface area (Å²) in [5, 5.41) is 2.94. The summed E-state index contributed by atoms with van der Waals surface area (Å²) in [6, 6.07) is 2.00. The molecule has 1 amide bonds. The molecule has 3 nitrogen and oxygen atoms in total. The second-order valence-corrected chi connectivity index (χ2v) is 5.71. The number of nitrogens with two attached hydrogens (primary N) is 1. The van der Waals surface area contributed by atoms with Crippen molar-refractivity contribution in [1.29, 1.82) is 0 Å². The third kappa shape index (κ3) is 3.76. The lowest BCUT2D eigenvalue weighted by Crippen LogP contribution is -2.27. The minimum Gasteiger partial charge on any atom is -0.369 e. The second-order valence-electron chi connectivity index (χ2n) is 2.40. The van der Waals surface area contributed by atoms with Crippen LogP contribution in [0, 0.1) is 0 Å². The summed E-state index contributed by atoms with van der Waals surface area (Å²) in [4.78, 5) is 11.6. The smallest absolute Gasteiger partial charge is 0.231 e. The van der Waals surface area contributed by atoms with Gasteiger partial charge in [-0.25, -0.2) is 0 Å². The van der Waals surface area contributed by atoms with E-state index in [2.05, 4.69) is 37.2 Å². The topological polar surface area (TPSA) is 55.1 Å². The molecule has 1 aromatic rings. The Hall–Kier alpha value is 0.0900. The van der Waals surface area contributed by atoms with Gasteiger partial charge in [0.05, 0.1) is 10.3 Å². The number of nitrogens with one attached hydrogen (secondary N) is 1. The van der Waals surface area contributed by atoms with E-state index < -0.39 is 0 Å². The van der Waals surface area contributed by atoms with Crippen molar-refractivity contribution >= 4 is 49.1 Å². The number of hydrogen-bond donors (Lipinski definition) is 2. The van der Waals surface area contributed by atoms with Crippen LogP contribution in [0.1, 0.15) is 4.88 Å². The second kappa shape index (κ2) is 5.09. The van der Waals surface area contributed by atoms with E-state index in [1.54, 1.807) is 11.3 Å². The van der Waals surface area contributed by atoms with Gasteiger partial charge in [0.25, 0.3) is 0 Å². The molecule has 3 N–H and O–H groups in total. The van der Waals surface area contributed by atoms with Crippen molar-refractivity contribution < 1.29 is 4.79 Å². The van der Waals surface area contributed by atoms with E-state index >= 15 is 0 Å². The standard InChI is InChI=1S/C7H8Br2N2OS/c8-5-1-4(13-7(5)9)2-11-3-6(10)12/h1,11H,2-3H2,(H2,10,12). The summed E-state index contributed by atoms with van der Waals surface area (Å²) >= 11 is 8.39. The maximum absolute atomic E-state index is 10.4. The molecule has 72 valence electrons. The molecule has 0 spiro atoms. The molecular weight excluding hydrogens is 320 g/mol. The van der Waals surface area contributed by atoms with Crippen LogP contribution in [0.5, 0.6) is 0 Å². The van der Waals surface area contributed by atoms with Crippen molar-refractivity contribution in [2.75, 3.05) is 6.54 Å². The first kappa shape index (κ1) is 11.2. The molecule has 1 aromatic heterocycles. The van der Waals surface area contributed by atoms with E-state index in [1.165, 1.54) is 0 Å². The van der Waals surface area contributed by atoms with E-state index in [0.29, 0.717) is 6.54 Å². The molecule has 0 unspecified atom stereocenters. The number of primary amides is 1. The van der Waals surface area contributed by atoms with Gasteiger partial charge < -0.3 is 11.1 Å². The minimum absolute atomic E-state index is 0.215. The average molecular weight is 328 g/mol. The molecular formula is C7H8Br2N2OS. The van der Waals surface area contributed by atoms with Crippen molar-refractivity contribution in [3.63, 3.8) is 0 Å². The van der Waals surface area contributed by atoms with Gasteiger partial charge in [-0.2, -0.15) is 0 Å². The van der Waals surface area contributed by atoms with E-state index in [-0.39, 0.29) is 12.5 Å². The van der Waals surface area contributed by atoms with Crippen molar-refractivity contribution in [1.82, 2.24) is 5.32 Å². The number of carbonyl (C=O) groups is 1. The fourth-order valence-electron chi connectivity index (χ4n) is 0.787. The number of halogens is 2. The summed E-state index contributed by atoms with van der Waals surface area (Å²) in [5.74, 6) is -0.338. The summed E-state index contributed by atoms with van der Waals surface area (Å²) in [7, 11) is 0. The lowest BCUT2D eigenvalue weighted by molar-refractivity contribution is -0.117. The largest absolute Gasteiger partial charge is 0.369 e. The van der Waals surface area contributed by atoms with E-state index in [4.69, 9.17) is 5.73 Å². The Bertz CT molecular complexity index is 294. The highest BCUT2D eigenvalue weighted by Gasteiger charge is 2.03. The molecule has 0 aliphatic carbocycles. The Kier molecular flexibility index (Phi) is 4.37. The summed E-state index contributed by atoms with van der Waals surface area (Å²) in [6.07, 6.45) is 0. The van der Waals surface area contributed by atoms with E-state index in [0.717, 1.165) is 13.1 Å². The van der Waals surface area contributed by atoms with Crippen molar-refractivity contribution in [3.05, 3.63) is 19.2 Å². The molecule has 0 fully saturated rings. The Morgan fingerprint density at radius 2 is 2.31 bits per heavy atom. The Morgan fingerprint density at radius 3 is 2.77 bits per heavy atom. The predicted molar refractivity (Wildman–Crippen MR) is 60.6 cm³/mol. The first-order valence-electron chi connectivity index (χ1n) is 3.52. The van der Waals surface area contributed by atoms with Gasteiger partial charge in [0.15, 0.2) is 0 Å². The number of thiophene rings is 1. The Balaban J connectivity index is 2.41. The van der Waals surface area contributed by atoms with Crippen LogP contribution >= 0.6 is 43.2 Å². The van der Waals surface area contributed by atoms with Crippen LogP contribution in [0.2, 0.25) is 0 Å². The van der Waals surface area contributed by atoms with E-state index in [9.17, 15) is 4.79 Å². The third-order valence-electron chi connectivity index (χ3n) is 1.29. The molecule has 1 rings (SSSR count). The van der Waals surface area contributed by atoms with Gasteiger partial charge >= 0.3 is 0 Å². The van der Waals surface area contributed by atoms with Crippen molar-refractivity contribution in [2.24, 2.45) is 5.73 Å². The first-order valence-corrected chi connectivity index (χ1v) is 5.92. The molecule has 0 saturated carbocycles. The summed E-state index contributed by atoms with van der Waals surface area (Å²) in [5.41, 5.74) is 4.98. The van der Waals surface area contributed by atoms with Crippen LogP contribution in [-0.4, -0.2) is 12.5 Å². The van der Waals surface area contributed by atoms with Gasteiger partial charge in [0.2, 0.25) is 5.91 Å². The molecule has 1 heterocycles. The van der Waals surface area contributed by atoms with Crippen LogP contribution < -0.4 is 11.1 Å². The highest BCUT2D eigenvalue weighted by Crippen LogP contribution is 2.32. The molecule has 0 atom stereocenters. The van der Waals surface area contributed by atoms with Gasteiger partial charge in [-0.05, 0) is 37.9 Å². The zero-order valence-corrected chi connectivity index (χ0v) is 10.6. The monoisotopic (exact) mass is 326 g/mol. The average Bonchev–Trinajstić information content (AvgIpc) is 2.30. The fraction of sp³-hybridized carbons (Fsp3) is 0.286. The molecule has 0 bridgehead atoms. The zero-order chi connectivity index (χ0) is 9.84. The number of rotatable bonds is 4. The number of hydrogen-bond acceptors (Lipinski definition) is 3.